The Morgan fingerprint density at radius 3 is 2.22 bits per heavy atom. The lowest BCUT2D eigenvalue weighted by Gasteiger charge is -2.20. The van der Waals surface area contributed by atoms with Gasteiger partial charge in [0.2, 0.25) is 5.91 Å². The summed E-state index contributed by atoms with van der Waals surface area (Å²) in [6.07, 6.45) is 0. The number of carbonyl (C=O) groups is 3. The number of nitrogens with one attached hydrogen (secondary N) is 2. The molecule has 27 heavy (non-hydrogen) atoms. The summed E-state index contributed by atoms with van der Waals surface area (Å²) in [5.74, 6) is -1.25. The van der Waals surface area contributed by atoms with Gasteiger partial charge in [0, 0.05) is 11.6 Å². The van der Waals surface area contributed by atoms with Gasteiger partial charge in [0.1, 0.15) is 11.8 Å². The van der Waals surface area contributed by atoms with E-state index < -0.39 is 17.9 Å². The molecule has 4 N–H and O–H groups in total. The summed E-state index contributed by atoms with van der Waals surface area (Å²) in [5, 5.41) is 5.54. The summed E-state index contributed by atoms with van der Waals surface area (Å²) in [6.45, 7) is 3.68. The quantitative estimate of drug-likeness (QED) is 0.691. The zero-order valence-corrected chi connectivity index (χ0v) is 15.5. The first-order valence-corrected chi connectivity index (χ1v) is 8.47. The minimum Gasteiger partial charge on any atom is -0.496 e. The summed E-state index contributed by atoms with van der Waals surface area (Å²) in [6, 6.07) is 12.3. The Bertz CT molecular complexity index is 834. The van der Waals surface area contributed by atoms with E-state index in [0.29, 0.717) is 5.56 Å². The molecule has 0 spiro atoms. The average molecular weight is 369 g/mol. The van der Waals surface area contributed by atoms with Crippen LogP contribution in [0.15, 0.2) is 48.5 Å². The van der Waals surface area contributed by atoms with Crippen LogP contribution in [0.3, 0.4) is 0 Å². The molecular weight excluding hydrogens is 346 g/mol. The zero-order valence-electron chi connectivity index (χ0n) is 15.5. The van der Waals surface area contributed by atoms with E-state index in [2.05, 4.69) is 10.6 Å². The number of amides is 3. The molecule has 0 saturated heterocycles. The molecule has 1 atom stereocenters. The molecule has 142 valence electrons. The first-order valence-electron chi connectivity index (χ1n) is 8.47. The molecule has 0 heterocycles. The van der Waals surface area contributed by atoms with Gasteiger partial charge in [-0.15, -0.1) is 0 Å². The Balaban J connectivity index is 2.30. The third-order valence-corrected chi connectivity index (χ3v) is 3.83. The Kier molecular flexibility index (Phi) is 6.54. The highest BCUT2D eigenvalue weighted by Crippen LogP contribution is 2.21. The van der Waals surface area contributed by atoms with Crippen LogP contribution in [-0.2, 0) is 4.79 Å². The van der Waals surface area contributed by atoms with Gasteiger partial charge in [-0.05, 0) is 37.6 Å². The second kappa shape index (κ2) is 8.84. The normalized spacial score (nSPS) is 11.6. The van der Waals surface area contributed by atoms with Gasteiger partial charge in [0.15, 0.2) is 0 Å². The van der Waals surface area contributed by atoms with Crippen molar-refractivity contribution >= 4 is 17.7 Å². The van der Waals surface area contributed by atoms with Crippen molar-refractivity contribution in [3.8, 4) is 5.75 Å². The third kappa shape index (κ3) is 5.07. The summed E-state index contributed by atoms with van der Waals surface area (Å²) in [7, 11) is 1.38. The van der Waals surface area contributed by atoms with Crippen LogP contribution < -0.4 is 21.1 Å². The third-order valence-electron chi connectivity index (χ3n) is 3.83. The molecule has 0 bridgehead atoms. The molecule has 0 saturated carbocycles. The number of hydrogen-bond acceptors (Lipinski definition) is 4. The lowest BCUT2D eigenvalue weighted by Crippen LogP contribution is -2.42. The molecule has 2 rings (SSSR count). The topological polar surface area (TPSA) is 111 Å². The highest BCUT2D eigenvalue weighted by molar-refractivity contribution is 6.01. The lowest BCUT2D eigenvalue weighted by molar-refractivity contribution is -0.123. The predicted octanol–water partition coefficient (Wildman–Crippen LogP) is 1.79. The number of primary amides is 1. The van der Waals surface area contributed by atoms with Crippen molar-refractivity contribution in [2.24, 2.45) is 5.73 Å². The van der Waals surface area contributed by atoms with Crippen LogP contribution in [-0.4, -0.2) is 30.9 Å². The number of carbonyl (C=O) groups excluding carboxylic acids is 3. The molecule has 0 aromatic heterocycles. The summed E-state index contributed by atoms with van der Waals surface area (Å²) in [4.78, 5) is 36.7. The van der Waals surface area contributed by atoms with Crippen molar-refractivity contribution in [1.82, 2.24) is 10.6 Å². The summed E-state index contributed by atoms with van der Waals surface area (Å²) < 4.78 is 5.13. The largest absolute Gasteiger partial charge is 0.496 e. The van der Waals surface area contributed by atoms with Crippen LogP contribution in [0.5, 0.6) is 5.75 Å². The van der Waals surface area contributed by atoms with E-state index in [1.54, 1.807) is 24.3 Å². The molecule has 2 aromatic rings. The van der Waals surface area contributed by atoms with Crippen LogP contribution in [0.25, 0.3) is 0 Å². The zero-order chi connectivity index (χ0) is 20.0. The van der Waals surface area contributed by atoms with Gasteiger partial charge < -0.3 is 21.1 Å². The highest BCUT2D eigenvalue weighted by atomic mass is 16.5. The van der Waals surface area contributed by atoms with E-state index in [1.807, 2.05) is 19.9 Å². The molecule has 0 aliphatic rings. The van der Waals surface area contributed by atoms with Gasteiger partial charge in [-0.2, -0.15) is 0 Å². The van der Waals surface area contributed by atoms with E-state index in [0.717, 1.165) is 0 Å². The number of nitrogens with two attached hydrogens (primary N) is 1. The Morgan fingerprint density at radius 1 is 1.00 bits per heavy atom. The van der Waals surface area contributed by atoms with E-state index >= 15 is 0 Å². The van der Waals surface area contributed by atoms with E-state index in [-0.39, 0.29) is 28.8 Å². The molecule has 0 aliphatic carbocycles. The van der Waals surface area contributed by atoms with Gasteiger partial charge in [0.25, 0.3) is 11.8 Å². The number of methoxy groups -OCH3 is 1. The van der Waals surface area contributed by atoms with Gasteiger partial charge in [0.05, 0.1) is 12.7 Å². The fraction of sp³-hybridized carbons (Fsp3) is 0.250. The fourth-order valence-corrected chi connectivity index (χ4v) is 2.56. The van der Waals surface area contributed by atoms with Crippen LogP contribution in [0.4, 0.5) is 0 Å². The molecular formula is C20H23N3O4. The molecule has 1 unspecified atom stereocenters. The SMILES string of the molecule is COc1cc(C(=O)NC(C(=O)NC(C)C)c2ccccc2)ccc1C(N)=O. The second-order valence-electron chi connectivity index (χ2n) is 6.26. The molecule has 7 heteroatoms. The monoisotopic (exact) mass is 369 g/mol. The lowest BCUT2D eigenvalue weighted by atomic mass is 10.0. The van der Waals surface area contributed by atoms with Crippen molar-refractivity contribution in [2.75, 3.05) is 7.11 Å². The second-order valence-corrected chi connectivity index (χ2v) is 6.26. The minimum atomic E-state index is -0.858. The fourth-order valence-electron chi connectivity index (χ4n) is 2.56. The molecule has 7 nitrogen and oxygen atoms in total. The first-order chi connectivity index (χ1) is 12.8. The molecule has 2 aromatic carbocycles. The summed E-state index contributed by atoms with van der Waals surface area (Å²) in [5.41, 5.74) is 6.36. The maximum atomic E-state index is 12.7. The maximum absolute atomic E-state index is 12.7. The van der Waals surface area contributed by atoms with Crippen LogP contribution in [0.1, 0.15) is 46.2 Å². The molecule has 0 aliphatic heterocycles. The Hall–Kier alpha value is -3.35. The van der Waals surface area contributed by atoms with Crippen molar-refractivity contribution in [3.63, 3.8) is 0 Å². The number of ether oxygens (including phenoxy) is 1. The number of benzene rings is 2. The van der Waals surface area contributed by atoms with E-state index in [9.17, 15) is 14.4 Å². The molecule has 3 amide bonds. The van der Waals surface area contributed by atoms with Crippen LogP contribution >= 0.6 is 0 Å². The minimum absolute atomic E-state index is 0.0736. The smallest absolute Gasteiger partial charge is 0.252 e. The highest BCUT2D eigenvalue weighted by Gasteiger charge is 2.24. The standard InChI is InChI=1S/C20H23N3O4/c1-12(2)22-20(26)17(13-7-5-4-6-8-13)23-19(25)14-9-10-15(18(21)24)16(11-14)27-3/h4-12,17H,1-3H3,(H2,21,24)(H,22,26)(H,23,25). The van der Waals surface area contributed by atoms with Crippen LogP contribution in [0, 0.1) is 0 Å². The van der Waals surface area contributed by atoms with Crippen molar-refractivity contribution in [2.45, 2.75) is 25.9 Å². The summed E-state index contributed by atoms with van der Waals surface area (Å²) >= 11 is 0. The average Bonchev–Trinajstić information content (AvgIpc) is 2.65. The Labute approximate surface area is 157 Å². The number of hydrogen-bond donors (Lipinski definition) is 3. The predicted molar refractivity (Wildman–Crippen MR) is 101 cm³/mol. The van der Waals surface area contributed by atoms with Crippen LogP contribution in [0.2, 0.25) is 0 Å². The Morgan fingerprint density at radius 2 is 1.67 bits per heavy atom. The van der Waals surface area contributed by atoms with Gasteiger partial charge >= 0.3 is 0 Å². The van der Waals surface area contributed by atoms with Crippen molar-refractivity contribution in [3.05, 3.63) is 65.2 Å². The maximum Gasteiger partial charge on any atom is 0.252 e. The number of rotatable bonds is 7. The van der Waals surface area contributed by atoms with Crippen molar-refractivity contribution < 1.29 is 19.1 Å². The molecule has 0 fully saturated rings. The van der Waals surface area contributed by atoms with Gasteiger partial charge in [-0.25, -0.2) is 0 Å². The van der Waals surface area contributed by atoms with E-state index in [4.69, 9.17) is 10.5 Å². The van der Waals surface area contributed by atoms with Crippen molar-refractivity contribution in [1.29, 1.82) is 0 Å². The first kappa shape index (κ1) is 20.0. The van der Waals surface area contributed by atoms with Gasteiger partial charge in [-0.3, -0.25) is 14.4 Å². The van der Waals surface area contributed by atoms with E-state index in [1.165, 1.54) is 25.3 Å². The van der Waals surface area contributed by atoms with Gasteiger partial charge in [-0.1, -0.05) is 30.3 Å². The molecule has 0 radical (unpaired) electrons.